The Balaban J connectivity index is 2.61. The van der Waals surface area contributed by atoms with Gasteiger partial charge in [0, 0.05) is 33.9 Å². The van der Waals surface area contributed by atoms with Crippen LogP contribution in [0.4, 0.5) is 0 Å². The highest BCUT2D eigenvalue weighted by Crippen LogP contribution is 2.44. The lowest BCUT2D eigenvalue weighted by atomic mass is 9.77. The number of pyridine rings is 1. The summed E-state index contributed by atoms with van der Waals surface area (Å²) in [5.41, 5.74) is 0.0350. The van der Waals surface area contributed by atoms with E-state index in [1.165, 1.54) is 0 Å². The van der Waals surface area contributed by atoms with E-state index in [-0.39, 0.29) is 5.92 Å². The molecule has 0 fully saturated rings. The van der Waals surface area contributed by atoms with E-state index in [0.29, 0.717) is 28.0 Å². The molecule has 0 radical (unpaired) electrons. The van der Waals surface area contributed by atoms with Crippen LogP contribution < -0.4 is 0 Å². The van der Waals surface area contributed by atoms with Gasteiger partial charge in [0.2, 0.25) is 0 Å². The summed E-state index contributed by atoms with van der Waals surface area (Å²) < 4.78 is 5.73. The number of allylic oxidation sites excluding steroid dienone is 1. The number of halogens is 2. The maximum Gasteiger partial charge on any atom is 0.154 e. The van der Waals surface area contributed by atoms with E-state index in [9.17, 15) is 5.11 Å². The first kappa shape index (κ1) is 18.8. The highest BCUT2D eigenvalue weighted by atomic mass is 35.5. The van der Waals surface area contributed by atoms with Crippen molar-refractivity contribution in [3.8, 4) is 0 Å². The van der Waals surface area contributed by atoms with Gasteiger partial charge in [-0.1, -0.05) is 42.3 Å². The van der Waals surface area contributed by atoms with Gasteiger partial charge in [0.15, 0.2) is 5.60 Å². The van der Waals surface area contributed by atoms with Crippen molar-refractivity contribution in [2.75, 3.05) is 6.61 Å². The highest BCUT2D eigenvalue weighted by molar-refractivity contribution is 6.35. The van der Waals surface area contributed by atoms with Crippen molar-refractivity contribution >= 4 is 23.2 Å². The first-order valence-electron chi connectivity index (χ1n) is 7.82. The molecule has 0 bridgehead atoms. The van der Waals surface area contributed by atoms with Crippen LogP contribution in [0.1, 0.15) is 37.8 Å². The molecule has 2 rings (SSSR count). The molecule has 3 nitrogen and oxygen atoms in total. The fraction of sp³-hybridized carbons (Fsp3) is 0.316. The maximum atomic E-state index is 11.7. The van der Waals surface area contributed by atoms with Crippen molar-refractivity contribution in [3.05, 3.63) is 75.7 Å². The Morgan fingerprint density at radius 3 is 2.67 bits per heavy atom. The molecule has 0 saturated carbocycles. The number of ether oxygens (including phenoxy) is 1. The normalized spacial score (nSPS) is 15.7. The number of aromatic nitrogens is 1. The summed E-state index contributed by atoms with van der Waals surface area (Å²) in [7, 11) is 0. The minimum Gasteiger partial charge on any atom is -0.495 e. The molecule has 1 aromatic carbocycles. The molecule has 0 saturated heterocycles. The fourth-order valence-electron chi connectivity index (χ4n) is 2.84. The Bertz CT molecular complexity index is 719. The number of hydrogen-bond acceptors (Lipinski definition) is 3. The quantitative estimate of drug-likeness (QED) is 0.704. The van der Waals surface area contributed by atoms with Gasteiger partial charge in [-0.05, 0) is 43.7 Å². The molecule has 2 unspecified atom stereocenters. The summed E-state index contributed by atoms with van der Waals surface area (Å²) in [6, 6.07) is 8.88. The average Bonchev–Trinajstić information content (AvgIpc) is 2.59. The van der Waals surface area contributed by atoms with E-state index < -0.39 is 5.60 Å². The molecule has 128 valence electrons. The van der Waals surface area contributed by atoms with Crippen LogP contribution in [0.3, 0.4) is 0 Å². The number of hydrogen-bond donors (Lipinski definition) is 1. The van der Waals surface area contributed by atoms with Crippen LogP contribution in [-0.4, -0.2) is 16.7 Å². The number of aliphatic hydroxyl groups is 1. The van der Waals surface area contributed by atoms with Gasteiger partial charge in [0.05, 0.1) is 6.61 Å². The number of nitrogens with zero attached hydrogens (tertiary/aromatic N) is 1. The molecule has 24 heavy (non-hydrogen) atoms. The fourth-order valence-corrected chi connectivity index (χ4v) is 3.41. The van der Waals surface area contributed by atoms with Gasteiger partial charge in [-0.3, -0.25) is 4.98 Å². The van der Waals surface area contributed by atoms with Crippen molar-refractivity contribution in [1.29, 1.82) is 0 Å². The van der Waals surface area contributed by atoms with E-state index in [2.05, 4.69) is 4.98 Å². The smallest absolute Gasteiger partial charge is 0.154 e. The van der Waals surface area contributed by atoms with Gasteiger partial charge >= 0.3 is 0 Å². The van der Waals surface area contributed by atoms with Gasteiger partial charge in [-0.15, -0.1) is 0 Å². The third-order valence-electron chi connectivity index (χ3n) is 4.09. The number of benzene rings is 1. The van der Waals surface area contributed by atoms with E-state index in [1.807, 2.05) is 32.9 Å². The Labute approximate surface area is 152 Å². The Hall–Kier alpha value is -1.55. The predicted molar refractivity (Wildman–Crippen MR) is 98.4 cm³/mol. The Morgan fingerprint density at radius 2 is 2.12 bits per heavy atom. The summed E-state index contributed by atoms with van der Waals surface area (Å²) in [6.07, 6.45) is 5.08. The second-order valence-corrected chi connectivity index (χ2v) is 6.33. The molecule has 0 amide bonds. The second-order valence-electron chi connectivity index (χ2n) is 5.48. The third-order valence-corrected chi connectivity index (χ3v) is 4.66. The molecule has 0 aliphatic rings. The van der Waals surface area contributed by atoms with Crippen LogP contribution in [0, 0.1) is 0 Å². The third kappa shape index (κ3) is 3.59. The molecule has 1 aromatic heterocycles. The maximum absolute atomic E-state index is 11.7. The lowest BCUT2D eigenvalue weighted by Crippen LogP contribution is -2.36. The topological polar surface area (TPSA) is 42.4 Å². The van der Waals surface area contributed by atoms with Crippen molar-refractivity contribution < 1.29 is 9.84 Å². The zero-order valence-corrected chi connectivity index (χ0v) is 15.5. The molecule has 5 heteroatoms. The summed E-state index contributed by atoms with van der Waals surface area (Å²) in [6.45, 7) is 6.07. The summed E-state index contributed by atoms with van der Waals surface area (Å²) in [4.78, 5) is 4.14. The summed E-state index contributed by atoms with van der Waals surface area (Å²) >= 11 is 12.4. The van der Waals surface area contributed by atoms with Gasteiger partial charge in [0.1, 0.15) is 5.76 Å². The van der Waals surface area contributed by atoms with Crippen LogP contribution in [0.2, 0.25) is 10.0 Å². The van der Waals surface area contributed by atoms with Crippen LogP contribution in [0.15, 0.2) is 54.6 Å². The van der Waals surface area contributed by atoms with Crippen molar-refractivity contribution in [1.82, 2.24) is 4.98 Å². The Morgan fingerprint density at radius 1 is 1.38 bits per heavy atom. The molecule has 1 N–H and O–H groups in total. The molecular weight excluding hydrogens is 345 g/mol. The minimum absolute atomic E-state index is 0.371. The summed E-state index contributed by atoms with van der Waals surface area (Å²) in [5, 5.41) is 12.7. The second kappa shape index (κ2) is 8.02. The first-order chi connectivity index (χ1) is 11.4. The van der Waals surface area contributed by atoms with E-state index >= 15 is 0 Å². The molecule has 1 heterocycles. The molecule has 2 atom stereocenters. The first-order valence-corrected chi connectivity index (χ1v) is 8.58. The van der Waals surface area contributed by atoms with Gasteiger partial charge in [-0.2, -0.15) is 0 Å². The summed E-state index contributed by atoms with van der Waals surface area (Å²) in [5.74, 6) is 0.0979. The molecule has 2 aromatic rings. The van der Waals surface area contributed by atoms with Crippen molar-refractivity contribution in [3.63, 3.8) is 0 Å². The van der Waals surface area contributed by atoms with Gasteiger partial charge in [-0.25, -0.2) is 0 Å². The van der Waals surface area contributed by atoms with Crippen LogP contribution >= 0.6 is 23.2 Å². The highest BCUT2D eigenvalue weighted by Gasteiger charge is 2.42. The zero-order chi connectivity index (χ0) is 17.7. The largest absolute Gasteiger partial charge is 0.495 e. The van der Waals surface area contributed by atoms with E-state index in [0.717, 1.165) is 5.56 Å². The SMILES string of the molecule is CC=C(OCC)C(O)(c1cccnc1)C(C)c1ccc(Cl)cc1Cl. The van der Waals surface area contributed by atoms with Gasteiger partial charge in [0.25, 0.3) is 0 Å². The molecule has 0 spiro atoms. The molecule has 0 aliphatic carbocycles. The number of rotatable bonds is 6. The average molecular weight is 366 g/mol. The molecular formula is C19H21Cl2NO2. The van der Waals surface area contributed by atoms with Crippen LogP contribution in [0.25, 0.3) is 0 Å². The zero-order valence-electron chi connectivity index (χ0n) is 14.0. The van der Waals surface area contributed by atoms with E-state index in [1.54, 1.807) is 36.7 Å². The lowest BCUT2D eigenvalue weighted by Gasteiger charge is -2.36. The minimum atomic E-state index is -1.39. The van der Waals surface area contributed by atoms with E-state index in [4.69, 9.17) is 27.9 Å². The van der Waals surface area contributed by atoms with Crippen molar-refractivity contribution in [2.24, 2.45) is 0 Å². The van der Waals surface area contributed by atoms with Crippen LogP contribution in [0.5, 0.6) is 0 Å². The predicted octanol–water partition coefficient (Wildman–Crippen LogP) is 5.32. The monoisotopic (exact) mass is 365 g/mol. The molecule has 0 aliphatic heterocycles. The van der Waals surface area contributed by atoms with Crippen molar-refractivity contribution in [2.45, 2.75) is 32.3 Å². The standard InChI is InChI=1S/C19H21Cl2NO2/c1-4-18(24-5-2)19(23,14-7-6-10-22-12-14)13(3)16-9-8-15(20)11-17(16)21/h4,6-13,23H,5H2,1-3H3. The van der Waals surface area contributed by atoms with Gasteiger partial charge < -0.3 is 9.84 Å². The Kier molecular flexibility index (Phi) is 6.27. The lowest BCUT2D eigenvalue weighted by molar-refractivity contribution is -0.0104. The van der Waals surface area contributed by atoms with Crippen LogP contribution in [-0.2, 0) is 10.3 Å².